The van der Waals surface area contributed by atoms with Gasteiger partial charge in [-0.25, -0.2) is 4.57 Å². The Morgan fingerprint density at radius 1 is 2.00 bits per heavy atom. The van der Waals surface area contributed by atoms with Crippen LogP contribution in [0.3, 0.4) is 0 Å². The molecule has 0 aliphatic rings. The molecule has 0 spiro atoms. The molecule has 0 fully saturated rings. The van der Waals surface area contributed by atoms with Crippen LogP contribution in [-0.2, 0) is 7.42 Å². The molecular formula is HFIO4P. The van der Waals surface area contributed by atoms with Gasteiger partial charge in [-0.2, -0.15) is 0 Å². The van der Waals surface area contributed by atoms with Crippen molar-refractivity contribution in [3.05, 3.63) is 0 Å². The second-order valence-electron chi connectivity index (χ2n) is 0.583. The van der Waals surface area contributed by atoms with E-state index in [4.69, 9.17) is 4.89 Å². The minimum Gasteiger partial charge on any atom is -0.567 e. The van der Waals surface area contributed by atoms with Crippen molar-refractivity contribution in [1.82, 2.24) is 0 Å². The van der Waals surface area contributed by atoms with Crippen LogP contribution < -0.4 is 25.5 Å². The fourth-order valence-corrected chi connectivity index (χ4v) is 0.699. The van der Waals surface area contributed by atoms with Crippen molar-refractivity contribution in [1.29, 1.82) is 0 Å². The Bertz CT molecular complexity index is 85.7. The molecule has 0 radical (unpaired) electrons. The first-order valence-corrected chi connectivity index (χ1v) is 4.27. The highest BCUT2D eigenvalue weighted by Crippen LogP contribution is 2.39. The first-order chi connectivity index (χ1) is 3.06. The Kier molecular flexibility index (Phi) is 3.25. The molecule has 0 aromatic carbocycles. The zero-order valence-electron chi connectivity index (χ0n) is 2.88. The Balaban J connectivity index is 3.36. The predicted octanol–water partition coefficient (Wildman–Crippen LogP) is -3.65. The molecule has 0 bridgehead atoms. The standard InChI is InChI=1S/FHIO4P/c1-7(4,5)6-2-3/h(H,4,5). The minimum atomic E-state index is -4.93. The molecule has 0 heterocycles. The van der Waals surface area contributed by atoms with Crippen LogP contribution in [0.5, 0.6) is 0 Å². The molecule has 0 aromatic rings. The average Bonchev–Trinajstić information content (AvgIpc) is 1.30. The fourth-order valence-electron chi connectivity index (χ4n) is 0.0347. The molecule has 7 heavy (non-hydrogen) atoms. The Morgan fingerprint density at radius 2 is 2.43 bits per heavy atom. The number of halogens is 2. The van der Waals surface area contributed by atoms with Gasteiger partial charge in [0.2, 0.25) is 0 Å². The zero-order chi connectivity index (χ0) is 5.91. The number of rotatable bonds is 2. The molecule has 0 aliphatic carbocycles. The lowest BCUT2D eigenvalue weighted by Crippen LogP contribution is -3.69. The second-order valence-corrected chi connectivity index (χ2v) is 3.17. The van der Waals surface area contributed by atoms with E-state index in [0.717, 1.165) is 0 Å². The Hall–Kier alpha value is 0.770. The van der Waals surface area contributed by atoms with Gasteiger partial charge in [0, 0.05) is 0 Å². The summed E-state index contributed by atoms with van der Waals surface area (Å²) < 4.78 is 32.9. The summed E-state index contributed by atoms with van der Waals surface area (Å²) in [6.07, 6.45) is 0. The van der Waals surface area contributed by atoms with Gasteiger partial charge in [0.25, 0.3) is 0 Å². The summed E-state index contributed by atoms with van der Waals surface area (Å²) in [5.41, 5.74) is 0. The maximum Gasteiger partial charge on any atom is 0.553 e. The SMILES string of the molecule is O=P(O)(F)O[I+][O-]. The van der Waals surface area contributed by atoms with E-state index < -0.39 is 29.9 Å². The average molecular weight is 242 g/mol. The lowest BCUT2D eigenvalue weighted by Gasteiger charge is -1.84. The van der Waals surface area contributed by atoms with Crippen LogP contribution in [-0.4, -0.2) is 4.89 Å². The highest BCUT2D eigenvalue weighted by Gasteiger charge is 2.23. The van der Waals surface area contributed by atoms with Crippen molar-refractivity contribution in [2.24, 2.45) is 0 Å². The summed E-state index contributed by atoms with van der Waals surface area (Å²) in [4.78, 5) is 7.51. The molecule has 0 aromatic heterocycles. The summed E-state index contributed by atoms with van der Waals surface area (Å²) in [5.74, 6) is 0. The summed E-state index contributed by atoms with van der Waals surface area (Å²) in [6.45, 7) is 0. The third-order valence-corrected chi connectivity index (χ3v) is 2.28. The monoisotopic (exact) mass is 242 g/mol. The lowest BCUT2D eigenvalue weighted by atomic mass is 15.8. The molecule has 0 amide bonds. The van der Waals surface area contributed by atoms with Gasteiger partial charge in [0.1, 0.15) is 0 Å². The first kappa shape index (κ1) is 7.77. The van der Waals surface area contributed by atoms with Crippen molar-refractivity contribution in [3.63, 3.8) is 0 Å². The van der Waals surface area contributed by atoms with Crippen LogP contribution in [0.25, 0.3) is 0 Å². The first-order valence-electron chi connectivity index (χ1n) is 1.04. The molecule has 7 heteroatoms. The maximum atomic E-state index is 11.1. The van der Waals surface area contributed by atoms with Crippen molar-refractivity contribution < 1.29 is 42.0 Å². The Morgan fingerprint density at radius 3 is 2.43 bits per heavy atom. The second kappa shape index (κ2) is 2.93. The van der Waals surface area contributed by atoms with Gasteiger partial charge in [-0.1, -0.05) is 0 Å². The van der Waals surface area contributed by atoms with Gasteiger partial charge in [-0.3, -0.25) is 4.89 Å². The highest BCUT2D eigenvalue weighted by atomic mass is 127. The van der Waals surface area contributed by atoms with E-state index in [1.807, 2.05) is 0 Å². The van der Waals surface area contributed by atoms with Crippen molar-refractivity contribution in [3.8, 4) is 0 Å². The summed E-state index contributed by atoms with van der Waals surface area (Å²) in [6, 6.07) is 0. The van der Waals surface area contributed by atoms with Crippen LogP contribution in [0.1, 0.15) is 0 Å². The third kappa shape index (κ3) is 6.77. The van der Waals surface area contributed by atoms with Gasteiger partial charge < -0.3 is 3.44 Å². The van der Waals surface area contributed by atoms with Crippen LogP contribution in [0, 0.1) is 0 Å². The normalized spacial score (nSPS) is 18.7. The minimum absolute atomic E-state index is 2.12. The molecule has 0 saturated heterocycles. The van der Waals surface area contributed by atoms with E-state index in [1.54, 1.807) is 0 Å². The molecule has 44 valence electrons. The molecule has 0 rings (SSSR count). The zero-order valence-corrected chi connectivity index (χ0v) is 5.93. The molecule has 0 aliphatic heterocycles. The topological polar surface area (TPSA) is 69.6 Å². The van der Waals surface area contributed by atoms with E-state index in [2.05, 4.69) is 2.85 Å². The van der Waals surface area contributed by atoms with Gasteiger partial charge in [0.05, 0.1) is 0 Å². The quantitative estimate of drug-likeness (QED) is 0.400. The predicted molar refractivity (Wildman–Crippen MR) is 12.0 cm³/mol. The smallest absolute Gasteiger partial charge is 0.553 e. The van der Waals surface area contributed by atoms with E-state index in [1.165, 1.54) is 0 Å². The fraction of sp³-hybridized carbons (Fsp3) is 0. The van der Waals surface area contributed by atoms with Crippen LogP contribution in [0.2, 0.25) is 0 Å². The highest BCUT2D eigenvalue weighted by molar-refractivity contribution is 7.46. The van der Waals surface area contributed by atoms with Gasteiger partial charge in [-0.05, 0) is 2.85 Å². The van der Waals surface area contributed by atoms with Crippen molar-refractivity contribution >= 4 is 7.91 Å². The largest absolute Gasteiger partial charge is 0.567 e. The summed E-state index contributed by atoms with van der Waals surface area (Å²) in [5, 5.41) is 0. The van der Waals surface area contributed by atoms with E-state index in [9.17, 15) is 12.2 Å². The molecule has 1 unspecified atom stereocenters. The molecular weight excluding hydrogens is 241 g/mol. The third-order valence-electron chi connectivity index (χ3n) is 0.113. The van der Waals surface area contributed by atoms with Crippen molar-refractivity contribution in [2.75, 3.05) is 0 Å². The number of hydrogen-bond donors (Lipinski definition) is 1. The number of hydrogen-bond acceptors (Lipinski definition) is 3. The van der Waals surface area contributed by atoms with Gasteiger partial charge in [-0.15, -0.1) is 4.20 Å². The summed E-state index contributed by atoms with van der Waals surface area (Å²) in [7, 11) is -4.93. The summed E-state index contributed by atoms with van der Waals surface area (Å²) >= 11 is -2.12. The maximum absolute atomic E-state index is 11.1. The van der Waals surface area contributed by atoms with Crippen LogP contribution in [0.15, 0.2) is 0 Å². The van der Waals surface area contributed by atoms with E-state index >= 15 is 0 Å². The molecule has 4 nitrogen and oxygen atoms in total. The lowest BCUT2D eigenvalue weighted by molar-refractivity contribution is -1.25. The van der Waals surface area contributed by atoms with Crippen molar-refractivity contribution in [2.45, 2.75) is 0 Å². The Labute approximate surface area is 50.3 Å². The molecule has 1 atom stereocenters. The molecule has 0 saturated carbocycles. The van der Waals surface area contributed by atoms with Gasteiger partial charge >= 0.3 is 29.9 Å². The van der Waals surface area contributed by atoms with E-state index in [-0.39, 0.29) is 0 Å². The molecule has 1 N–H and O–H groups in total. The van der Waals surface area contributed by atoms with Crippen LogP contribution in [0.4, 0.5) is 4.20 Å². The van der Waals surface area contributed by atoms with Crippen LogP contribution >= 0.6 is 7.91 Å². The van der Waals surface area contributed by atoms with E-state index in [0.29, 0.717) is 0 Å². The van der Waals surface area contributed by atoms with Gasteiger partial charge in [0.15, 0.2) is 0 Å².